The molecule has 1 heteroatoms. The van der Waals surface area contributed by atoms with Crippen LogP contribution in [0.2, 0.25) is 0 Å². The first-order valence-corrected chi connectivity index (χ1v) is 8.99. The zero-order valence-electron chi connectivity index (χ0n) is 13.8. The van der Waals surface area contributed by atoms with Crippen LogP contribution in [-0.2, 0) is 5.41 Å². The molecule has 0 bridgehead atoms. The van der Waals surface area contributed by atoms with Crippen molar-refractivity contribution in [3.05, 3.63) is 35.9 Å². The second-order valence-electron chi connectivity index (χ2n) is 7.53. The molecule has 0 aromatic heterocycles. The number of nitrogens with one attached hydrogen (secondary N) is 1. The molecule has 3 atom stereocenters. The lowest BCUT2D eigenvalue weighted by Crippen LogP contribution is -2.51. The molecule has 2 saturated carbocycles. The van der Waals surface area contributed by atoms with Crippen LogP contribution in [0, 0.1) is 11.8 Å². The largest absolute Gasteiger partial charge is 0.316 e. The molecule has 3 unspecified atom stereocenters. The number of benzene rings is 1. The maximum Gasteiger partial charge on any atom is 0.0189 e. The lowest BCUT2D eigenvalue weighted by Gasteiger charge is -2.45. The first-order valence-electron chi connectivity index (χ1n) is 8.99. The van der Waals surface area contributed by atoms with Gasteiger partial charge in [-0.05, 0) is 50.1 Å². The van der Waals surface area contributed by atoms with Gasteiger partial charge in [0.1, 0.15) is 0 Å². The number of likely N-dealkylation sites (N-methyl/N-ethyl adjacent to an activating group) is 1. The Hall–Kier alpha value is -0.820. The molecule has 0 saturated heterocycles. The van der Waals surface area contributed by atoms with E-state index in [1.165, 1.54) is 51.4 Å². The zero-order valence-corrected chi connectivity index (χ0v) is 13.8. The Bertz CT molecular complexity index is 432. The number of hydrogen-bond donors (Lipinski definition) is 1. The minimum atomic E-state index is 0.387. The maximum atomic E-state index is 3.77. The summed E-state index contributed by atoms with van der Waals surface area (Å²) in [5, 5.41) is 3.77. The molecular formula is C20H31N. The van der Waals surface area contributed by atoms with Gasteiger partial charge < -0.3 is 5.32 Å². The summed E-state index contributed by atoms with van der Waals surface area (Å²) in [6.45, 7) is 2.45. The van der Waals surface area contributed by atoms with E-state index in [0.29, 0.717) is 11.5 Å². The summed E-state index contributed by atoms with van der Waals surface area (Å²) in [5.41, 5.74) is 1.97. The molecule has 1 aromatic carbocycles. The summed E-state index contributed by atoms with van der Waals surface area (Å²) in [6.07, 6.45) is 11.2. The first kappa shape index (κ1) is 15.1. The highest BCUT2D eigenvalue weighted by atomic mass is 14.9. The van der Waals surface area contributed by atoms with Crippen molar-refractivity contribution < 1.29 is 0 Å². The smallest absolute Gasteiger partial charge is 0.0189 e. The Labute approximate surface area is 130 Å². The molecule has 0 aliphatic heterocycles. The summed E-state index contributed by atoms with van der Waals surface area (Å²) in [4.78, 5) is 0. The van der Waals surface area contributed by atoms with E-state index in [-0.39, 0.29) is 0 Å². The van der Waals surface area contributed by atoms with Crippen molar-refractivity contribution in [3.63, 3.8) is 0 Å². The molecular weight excluding hydrogens is 254 g/mol. The van der Waals surface area contributed by atoms with Crippen LogP contribution in [0.5, 0.6) is 0 Å². The molecule has 0 amide bonds. The van der Waals surface area contributed by atoms with Crippen LogP contribution in [0.25, 0.3) is 0 Å². The average Bonchev–Trinajstić information content (AvgIpc) is 3.00. The average molecular weight is 285 g/mol. The Balaban J connectivity index is 1.91. The normalized spacial score (nSPS) is 30.2. The number of hydrogen-bond acceptors (Lipinski definition) is 1. The maximum absolute atomic E-state index is 3.77. The zero-order chi connectivity index (χ0) is 14.7. The highest BCUT2D eigenvalue weighted by Gasteiger charge is 2.45. The van der Waals surface area contributed by atoms with Gasteiger partial charge in [-0.15, -0.1) is 0 Å². The monoisotopic (exact) mass is 285 g/mol. The topological polar surface area (TPSA) is 12.0 Å². The van der Waals surface area contributed by atoms with Gasteiger partial charge >= 0.3 is 0 Å². The van der Waals surface area contributed by atoms with Crippen LogP contribution in [0.4, 0.5) is 0 Å². The Morgan fingerprint density at radius 3 is 2.38 bits per heavy atom. The van der Waals surface area contributed by atoms with Crippen LogP contribution in [0.1, 0.15) is 63.9 Å². The Morgan fingerprint density at radius 2 is 1.76 bits per heavy atom. The van der Waals surface area contributed by atoms with Crippen molar-refractivity contribution >= 4 is 0 Å². The van der Waals surface area contributed by atoms with Gasteiger partial charge in [-0.2, -0.15) is 0 Å². The molecule has 2 aliphatic rings. The summed E-state index contributed by atoms with van der Waals surface area (Å²) >= 11 is 0. The van der Waals surface area contributed by atoms with Crippen LogP contribution in [0.15, 0.2) is 30.3 Å². The van der Waals surface area contributed by atoms with E-state index < -0.39 is 0 Å². The van der Waals surface area contributed by atoms with Crippen molar-refractivity contribution in [1.29, 1.82) is 0 Å². The molecule has 116 valence electrons. The van der Waals surface area contributed by atoms with E-state index in [4.69, 9.17) is 0 Å². The van der Waals surface area contributed by atoms with Crippen molar-refractivity contribution in [2.75, 3.05) is 7.05 Å². The van der Waals surface area contributed by atoms with Crippen LogP contribution < -0.4 is 5.32 Å². The van der Waals surface area contributed by atoms with E-state index >= 15 is 0 Å². The minimum Gasteiger partial charge on any atom is -0.316 e. The van der Waals surface area contributed by atoms with Crippen molar-refractivity contribution in [2.45, 2.75) is 69.7 Å². The summed E-state index contributed by atoms with van der Waals surface area (Å²) in [6, 6.07) is 12.0. The Kier molecular flexibility index (Phi) is 4.69. The molecule has 2 fully saturated rings. The van der Waals surface area contributed by atoms with E-state index in [0.717, 1.165) is 11.8 Å². The van der Waals surface area contributed by atoms with Gasteiger partial charge in [0.05, 0.1) is 0 Å². The molecule has 1 nitrogen and oxygen atoms in total. The van der Waals surface area contributed by atoms with E-state index in [9.17, 15) is 0 Å². The molecule has 0 radical (unpaired) electrons. The standard InChI is InChI=1S/C20H31N/c1-16-9-8-10-17(15-16)19(21-2)20(13-6-7-14-20)18-11-4-3-5-12-18/h3-5,11-12,16-17,19,21H,6-10,13-15H2,1-2H3. The van der Waals surface area contributed by atoms with E-state index in [1.54, 1.807) is 5.56 Å². The molecule has 0 heterocycles. The third-order valence-electron chi connectivity index (χ3n) is 6.20. The fraction of sp³-hybridized carbons (Fsp3) is 0.700. The molecule has 21 heavy (non-hydrogen) atoms. The van der Waals surface area contributed by atoms with Crippen molar-refractivity contribution in [2.24, 2.45) is 11.8 Å². The molecule has 3 rings (SSSR count). The predicted molar refractivity (Wildman–Crippen MR) is 90.6 cm³/mol. The molecule has 1 N–H and O–H groups in total. The second kappa shape index (κ2) is 6.52. The summed E-state index contributed by atoms with van der Waals surface area (Å²) in [5.74, 6) is 1.77. The third kappa shape index (κ3) is 2.90. The van der Waals surface area contributed by atoms with Gasteiger partial charge in [0.2, 0.25) is 0 Å². The highest BCUT2D eigenvalue weighted by molar-refractivity contribution is 5.29. The molecule has 1 aromatic rings. The van der Waals surface area contributed by atoms with Gasteiger partial charge in [0.25, 0.3) is 0 Å². The SMILES string of the molecule is CNC(C1CCCC(C)C1)C1(c2ccccc2)CCCC1. The summed E-state index contributed by atoms with van der Waals surface area (Å²) in [7, 11) is 2.20. The van der Waals surface area contributed by atoms with Gasteiger partial charge in [-0.1, -0.05) is 62.9 Å². The van der Waals surface area contributed by atoms with Gasteiger partial charge in [-0.25, -0.2) is 0 Å². The quantitative estimate of drug-likeness (QED) is 0.828. The first-order chi connectivity index (χ1) is 10.3. The predicted octanol–water partition coefficient (Wildman–Crippen LogP) is 4.91. The van der Waals surface area contributed by atoms with Crippen LogP contribution >= 0.6 is 0 Å². The second-order valence-corrected chi connectivity index (χ2v) is 7.53. The van der Waals surface area contributed by atoms with Crippen LogP contribution in [0.3, 0.4) is 0 Å². The molecule has 0 spiro atoms. The van der Waals surface area contributed by atoms with E-state index in [1.807, 2.05) is 0 Å². The number of rotatable bonds is 4. The van der Waals surface area contributed by atoms with Gasteiger partial charge in [-0.3, -0.25) is 0 Å². The Morgan fingerprint density at radius 1 is 1.05 bits per heavy atom. The lowest BCUT2D eigenvalue weighted by atomic mass is 9.64. The third-order valence-corrected chi connectivity index (χ3v) is 6.20. The van der Waals surface area contributed by atoms with Crippen molar-refractivity contribution in [3.8, 4) is 0 Å². The molecule has 2 aliphatic carbocycles. The minimum absolute atomic E-state index is 0.387. The van der Waals surface area contributed by atoms with Gasteiger partial charge in [0, 0.05) is 11.5 Å². The fourth-order valence-corrected chi connectivity index (χ4v) is 5.30. The van der Waals surface area contributed by atoms with E-state index in [2.05, 4.69) is 49.6 Å². The lowest BCUT2D eigenvalue weighted by molar-refractivity contribution is 0.160. The van der Waals surface area contributed by atoms with Gasteiger partial charge in [0.15, 0.2) is 0 Å². The fourth-order valence-electron chi connectivity index (χ4n) is 5.30. The van der Waals surface area contributed by atoms with Crippen molar-refractivity contribution in [1.82, 2.24) is 5.32 Å². The summed E-state index contributed by atoms with van der Waals surface area (Å²) < 4.78 is 0. The highest BCUT2D eigenvalue weighted by Crippen LogP contribution is 2.48. The van der Waals surface area contributed by atoms with Crippen LogP contribution in [-0.4, -0.2) is 13.1 Å².